The number of nitrogens with zero attached hydrogens (tertiary/aromatic N) is 1. The van der Waals surface area contributed by atoms with E-state index in [-0.39, 0.29) is 23.5 Å². The van der Waals surface area contributed by atoms with E-state index in [2.05, 4.69) is 0 Å². The Balaban J connectivity index is 1.84. The average molecular weight is 470 g/mol. The van der Waals surface area contributed by atoms with Gasteiger partial charge >= 0.3 is 5.97 Å². The first-order valence-corrected chi connectivity index (χ1v) is 11.7. The molecule has 0 aromatic heterocycles. The molecule has 1 fully saturated rings. The number of rotatable bonds is 7. The molecule has 0 spiro atoms. The van der Waals surface area contributed by atoms with Crippen LogP contribution in [0.2, 0.25) is 0 Å². The number of hydrogen-bond acceptors (Lipinski definition) is 5. The standard InChI is InChI=1S/C29H27NO5/c1-3-17-35-29(34)22-11-8-12-23(18-22)30-25(20-9-6-5-7-10-20)24(27(32)28(30)33)26(31)21-15-13-19(4-2)14-16-21/h5-16,18,25,31H,3-4,17H2,1-2H3/b26-24+. The number of Topliss-reactive ketones (excluding diaryl/α,β-unsaturated/α-hetero) is 1. The Morgan fingerprint density at radius 2 is 1.63 bits per heavy atom. The molecule has 1 aliphatic heterocycles. The molecule has 6 nitrogen and oxygen atoms in total. The van der Waals surface area contributed by atoms with Crippen molar-refractivity contribution in [2.75, 3.05) is 11.5 Å². The van der Waals surface area contributed by atoms with E-state index in [1.165, 1.54) is 11.0 Å². The van der Waals surface area contributed by atoms with Crippen molar-refractivity contribution in [3.05, 3.63) is 107 Å². The van der Waals surface area contributed by atoms with Crippen molar-refractivity contribution >= 4 is 29.1 Å². The highest BCUT2D eigenvalue weighted by atomic mass is 16.5. The molecule has 1 heterocycles. The monoisotopic (exact) mass is 469 g/mol. The normalized spacial score (nSPS) is 17.0. The fourth-order valence-corrected chi connectivity index (χ4v) is 4.16. The number of benzene rings is 3. The van der Waals surface area contributed by atoms with E-state index in [0.717, 1.165) is 12.0 Å². The summed E-state index contributed by atoms with van der Waals surface area (Å²) in [5.41, 5.74) is 2.86. The van der Waals surface area contributed by atoms with E-state index in [1.807, 2.05) is 44.2 Å². The van der Waals surface area contributed by atoms with E-state index >= 15 is 0 Å². The lowest BCUT2D eigenvalue weighted by Crippen LogP contribution is -2.29. The Bertz CT molecular complexity index is 1280. The van der Waals surface area contributed by atoms with E-state index in [0.29, 0.717) is 23.2 Å². The van der Waals surface area contributed by atoms with Crippen LogP contribution in [0, 0.1) is 0 Å². The molecule has 3 aromatic carbocycles. The number of carbonyl (C=O) groups excluding carboxylic acids is 3. The van der Waals surface area contributed by atoms with Gasteiger partial charge in [0.15, 0.2) is 0 Å². The zero-order chi connectivity index (χ0) is 24.9. The minimum atomic E-state index is -0.857. The molecule has 1 saturated heterocycles. The Hall–Kier alpha value is -4.19. The number of ketones is 1. The van der Waals surface area contributed by atoms with E-state index < -0.39 is 23.7 Å². The molecular weight excluding hydrogens is 442 g/mol. The lowest BCUT2D eigenvalue weighted by molar-refractivity contribution is -0.132. The second-order valence-corrected chi connectivity index (χ2v) is 8.32. The largest absolute Gasteiger partial charge is 0.507 e. The van der Waals surface area contributed by atoms with Crippen molar-refractivity contribution in [1.82, 2.24) is 0 Å². The first kappa shape index (κ1) is 24.0. The molecule has 1 atom stereocenters. The van der Waals surface area contributed by atoms with Crippen LogP contribution in [-0.2, 0) is 20.7 Å². The summed E-state index contributed by atoms with van der Waals surface area (Å²) in [6, 6.07) is 21.9. The van der Waals surface area contributed by atoms with Crippen molar-refractivity contribution in [2.45, 2.75) is 32.7 Å². The number of carbonyl (C=O) groups is 3. The van der Waals surface area contributed by atoms with Crippen LogP contribution >= 0.6 is 0 Å². The van der Waals surface area contributed by atoms with E-state index in [1.54, 1.807) is 42.5 Å². The van der Waals surface area contributed by atoms with Crippen LogP contribution in [0.1, 0.15) is 53.4 Å². The van der Waals surface area contributed by atoms with Crippen molar-refractivity contribution in [3.8, 4) is 0 Å². The van der Waals surface area contributed by atoms with Gasteiger partial charge in [0, 0.05) is 11.3 Å². The summed E-state index contributed by atoms with van der Waals surface area (Å²) < 4.78 is 5.23. The van der Waals surface area contributed by atoms with Gasteiger partial charge in [0.25, 0.3) is 11.7 Å². The number of hydrogen-bond donors (Lipinski definition) is 1. The van der Waals surface area contributed by atoms with Gasteiger partial charge in [-0.1, -0.05) is 74.5 Å². The van der Waals surface area contributed by atoms with Gasteiger partial charge < -0.3 is 9.84 Å². The zero-order valence-electron chi connectivity index (χ0n) is 19.7. The van der Waals surface area contributed by atoms with Gasteiger partial charge in [0.05, 0.1) is 23.8 Å². The number of aliphatic hydroxyl groups is 1. The molecule has 35 heavy (non-hydrogen) atoms. The summed E-state index contributed by atoms with van der Waals surface area (Å²) >= 11 is 0. The van der Waals surface area contributed by atoms with Crippen LogP contribution in [-0.4, -0.2) is 29.4 Å². The summed E-state index contributed by atoms with van der Waals surface area (Å²) in [7, 11) is 0. The molecule has 1 amide bonds. The number of aryl methyl sites for hydroxylation is 1. The predicted molar refractivity (Wildman–Crippen MR) is 134 cm³/mol. The number of esters is 1. The van der Waals surface area contributed by atoms with Crippen LogP contribution in [0.4, 0.5) is 5.69 Å². The first-order valence-electron chi connectivity index (χ1n) is 11.7. The quantitative estimate of drug-likeness (QED) is 0.216. The molecule has 0 radical (unpaired) electrons. The van der Waals surface area contributed by atoms with Crippen LogP contribution in [0.25, 0.3) is 5.76 Å². The fraction of sp³-hybridized carbons (Fsp3) is 0.207. The summed E-state index contributed by atoms with van der Waals surface area (Å²) in [6.45, 7) is 4.22. The van der Waals surface area contributed by atoms with Gasteiger partial charge in [0.2, 0.25) is 0 Å². The van der Waals surface area contributed by atoms with Gasteiger partial charge in [-0.15, -0.1) is 0 Å². The van der Waals surface area contributed by atoms with E-state index in [9.17, 15) is 19.5 Å². The van der Waals surface area contributed by atoms with Gasteiger partial charge in [-0.2, -0.15) is 0 Å². The Labute approximate surface area is 204 Å². The van der Waals surface area contributed by atoms with Gasteiger partial charge in [-0.3, -0.25) is 14.5 Å². The second-order valence-electron chi connectivity index (χ2n) is 8.32. The summed E-state index contributed by atoms with van der Waals surface area (Å²) in [4.78, 5) is 40.3. The topological polar surface area (TPSA) is 83.9 Å². The number of aliphatic hydroxyl groups excluding tert-OH is 1. The zero-order valence-corrected chi connectivity index (χ0v) is 19.7. The van der Waals surface area contributed by atoms with Crippen LogP contribution in [0.5, 0.6) is 0 Å². The highest BCUT2D eigenvalue weighted by Crippen LogP contribution is 2.42. The van der Waals surface area contributed by atoms with E-state index in [4.69, 9.17) is 4.74 Å². The second kappa shape index (κ2) is 10.4. The van der Waals surface area contributed by atoms with Crippen LogP contribution in [0.15, 0.2) is 84.4 Å². The molecule has 4 rings (SSSR count). The summed E-state index contributed by atoms with van der Waals surface area (Å²) in [5.74, 6) is -2.29. The highest BCUT2D eigenvalue weighted by molar-refractivity contribution is 6.51. The molecular formula is C29H27NO5. The van der Waals surface area contributed by atoms with Crippen LogP contribution in [0.3, 0.4) is 0 Å². The van der Waals surface area contributed by atoms with Crippen molar-refractivity contribution < 1.29 is 24.2 Å². The minimum Gasteiger partial charge on any atom is -0.507 e. The smallest absolute Gasteiger partial charge is 0.338 e. The SMILES string of the molecule is CCCOC(=O)c1cccc(N2C(=O)C(=O)/C(=C(/O)c3ccc(CC)cc3)C2c2ccccc2)c1. The maximum absolute atomic E-state index is 13.3. The fourth-order valence-electron chi connectivity index (χ4n) is 4.16. The lowest BCUT2D eigenvalue weighted by Gasteiger charge is -2.25. The molecule has 3 aromatic rings. The molecule has 1 unspecified atom stereocenters. The molecule has 1 aliphatic rings. The first-order chi connectivity index (χ1) is 17.0. The molecule has 6 heteroatoms. The highest BCUT2D eigenvalue weighted by Gasteiger charge is 2.47. The minimum absolute atomic E-state index is 0.00408. The number of amides is 1. The predicted octanol–water partition coefficient (Wildman–Crippen LogP) is 5.44. The average Bonchev–Trinajstić information content (AvgIpc) is 3.17. The van der Waals surface area contributed by atoms with Gasteiger partial charge in [-0.05, 0) is 42.2 Å². The van der Waals surface area contributed by atoms with Crippen molar-refractivity contribution in [1.29, 1.82) is 0 Å². The third-order valence-corrected chi connectivity index (χ3v) is 5.99. The number of anilines is 1. The van der Waals surface area contributed by atoms with Crippen molar-refractivity contribution in [3.63, 3.8) is 0 Å². The maximum atomic E-state index is 13.3. The third kappa shape index (κ3) is 4.73. The number of ether oxygens (including phenoxy) is 1. The molecule has 1 N–H and O–H groups in total. The Morgan fingerprint density at radius 1 is 0.914 bits per heavy atom. The molecule has 178 valence electrons. The van der Waals surface area contributed by atoms with Crippen molar-refractivity contribution in [2.24, 2.45) is 0 Å². The lowest BCUT2D eigenvalue weighted by atomic mass is 9.94. The van der Waals surface area contributed by atoms with Gasteiger partial charge in [0.1, 0.15) is 5.76 Å². The van der Waals surface area contributed by atoms with Crippen LogP contribution < -0.4 is 4.90 Å². The molecule has 0 bridgehead atoms. The molecule has 0 aliphatic carbocycles. The Kier molecular flexibility index (Phi) is 7.11. The summed E-state index contributed by atoms with van der Waals surface area (Å²) in [5, 5.41) is 11.2. The Morgan fingerprint density at radius 3 is 2.29 bits per heavy atom. The van der Waals surface area contributed by atoms with Gasteiger partial charge in [-0.25, -0.2) is 4.79 Å². The molecule has 0 saturated carbocycles. The summed E-state index contributed by atoms with van der Waals surface area (Å²) in [6.07, 6.45) is 1.53. The maximum Gasteiger partial charge on any atom is 0.338 e. The third-order valence-electron chi connectivity index (χ3n) is 5.99.